The molecule has 1 aromatic heterocycles. The van der Waals surface area contributed by atoms with E-state index in [-0.39, 0.29) is 12.0 Å². The van der Waals surface area contributed by atoms with Gasteiger partial charge in [0.2, 0.25) is 0 Å². The van der Waals surface area contributed by atoms with Crippen LogP contribution in [0, 0.1) is 13.8 Å². The Balaban J connectivity index is 1.34. The lowest BCUT2D eigenvalue weighted by Crippen LogP contribution is -2.37. The normalized spacial score (nSPS) is 18.9. The minimum atomic E-state index is -0.0534. The first-order valence-corrected chi connectivity index (χ1v) is 11.9. The average Bonchev–Trinajstić information content (AvgIpc) is 3.33. The number of ether oxygens (including phenoxy) is 2. The summed E-state index contributed by atoms with van der Waals surface area (Å²) in [5.41, 5.74) is 3.95. The third kappa shape index (κ3) is 5.75. The Hall–Kier alpha value is -2.16. The number of aromatic nitrogens is 2. The van der Waals surface area contributed by atoms with Gasteiger partial charge in [-0.25, -0.2) is 9.97 Å². The van der Waals surface area contributed by atoms with Crippen LogP contribution in [0.25, 0.3) is 0 Å². The molecule has 2 aliphatic rings. The maximum atomic E-state index is 12.3. The highest BCUT2D eigenvalue weighted by Gasteiger charge is 2.18. The number of benzene rings is 1. The molecule has 1 unspecified atom stereocenters. The third-order valence-corrected chi connectivity index (χ3v) is 6.67. The number of nitrogens with one attached hydrogen (secondary N) is 1. The minimum absolute atomic E-state index is 0.0534. The number of morpholine rings is 1. The van der Waals surface area contributed by atoms with E-state index in [9.17, 15) is 4.79 Å². The molecule has 1 N–H and O–H groups in total. The largest absolute Gasteiger partial charge is 0.378 e. The fourth-order valence-corrected chi connectivity index (χ4v) is 4.59. The average molecular weight is 443 g/mol. The molecule has 2 aliphatic heterocycles. The standard InChI is InChI=1S/C23H30N4O3S/c1-16-17(2)25-23(26-21(16)27-9-12-29-13-10-27)31-15-18-5-7-19(8-6-18)22(28)24-14-20-4-3-11-30-20/h5-8,20H,3-4,9-15H2,1-2H3,(H,24,28). The van der Waals surface area contributed by atoms with Gasteiger partial charge >= 0.3 is 0 Å². The predicted molar refractivity (Wildman–Crippen MR) is 122 cm³/mol. The van der Waals surface area contributed by atoms with E-state index in [1.54, 1.807) is 11.8 Å². The summed E-state index contributed by atoms with van der Waals surface area (Å²) in [6.07, 6.45) is 2.25. The summed E-state index contributed by atoms with van der Waals surface area (Å²) in [6.45, 7) is 8.68. The van der Waals surface area contributed by atoms with Crippen LogP contribution in [0.5, 0.6) is 0 Å². The van der Waals surface area contributed by atoms with Crippen LogP contribution in [0.15, 0.2) is 29.4 Å². The van der Waals surface area contributed by atoms with Crippen LogP contribution in [-0.2, 0) is 15.2 Å². The summed E-state index contributed by atoms with van der Waals surface area (Å²) in [6, 6.07) is 7.75. The quantitative estimate of drug-likeness (QED) is 0.521. The lowest BCUT2D eigenvalue weighted by Gasteiger charge is -2.29. The fraction of sp³-hybridized carbons (Fsp3) is 0.522. The van der Waals surface area contributed by atoms with E-state index < -0.39 is 0 Å². The first kappa shape index (κ1) is 22.0. The summed E-state index contributed by atoms with van der Waals surface area (Å²) >= 11 is 1.62. The van der Waals surface area contributed by atoms with Crippen molar-refractivity contribution in [3.8, 4) is 0 Å². The molecule has 8 heteroatoms. The van der Waals surface area contributed by atoms with Gasteiger partial charge in [0.1, 0.15) is 5.82 Å². The van der Waals surface area contributed by atoms with Crippen molar-refractivity contribution < 1.29 is 14.3 Å². The molecule has 0 aliphatic carbocycles. The van der Waals surface area contributed by atoms with Crippen LogP contribution in [0.1, 0.15) is 40.0 Å². The van der Waals surface area contributed by atoms with E-state index in [1.807, 2.05) is 31.2 Å². The molecular weight excluding hydrogens is 412 g/mol. The van der Waals surface area contributed by atoms with E-state index in [0.717, 1.165) is 79.3 Å². The SMILES string of the molecule is Cc1nc(SCc2ccc(C(=O)NCC3CCCO3)cc2)nc(N2CCOCC2)c1C. The molecule has 7 nitrogen and oxygen atoms in total. The van der Waals surface area contributed by atoms with Gasteiger partial charge in [0.05, 0.1) is 19.3 Å². The van der Waals surface area contributed by atoms with Crippen LogP contribution in [0.3, 0.4) is 0 Å². The molecule has 0 spiro atoms. The second kappa shape index (κ2) is 10.4. The highest BCUT2D eigenvalue weighted by Crippen LogP contribution is 2.26. The number of nitrogens with zero attached hydrogens (tertiary/aromatic N) is 3. The zero-order chi connectivity index (χ0) is 21.6. The first-order chi connectivity index (χ1) is 15.1. The van der Waals surface area contributed by atoms with Crippen molar-refractivity contribution in [3.05, 3.63) is 46.6 Å². The molecule has 2 aromatic rings. The molecule has 31 heavy (non-hydrogen) atoms. The van der Waals surface area contributed by atoms with Crippen LogP contribution in [0.4, 0.5) is 5.82 Å². The van der Waals surface area contributed by atoms with Crippen molar-refractivity contribution in [2.75, 3.05) is 44.4 Å². The minimum Gasteiger partial charge on any atom is -0.378 e. The number of rotatable bonds is 7. The number of carbonyl (C=O) groups excluding carboxylic acids is 1. The molecule has 3 heterocycles. The zero-order valence-corrected chi connectivity index (χ0v) is 19.0. The number of aryl methyl sites for hydroxylation is 1. The number of anilines is 1. The monoisotopic (exact) mass is 442 g/mol. The molecule has 166 valence electrons. The van der Waals surface area contributed by atoms with Gasteiger partial charge < -0.3 is 19.7 Å². The van der Waals surface area contributed by atoms with Crippen molar-refractivity contribution in [1.82, 2.24) is 15.3 Å². The highest BCUT2D eigenvalue weighted by molar-refractivity contribution is 7.98. The highest BCUT2D eigenvalue weighted by atomic mass is 32.2. The molecule has 1 aromatic carbocycles. The lowest BCUT2D eigenvalue weighted by atomic mass is 10.1. The van der Waals surface area contributed by atoms with E-state index in [0.29, 0.717) is 12.1 Å². The van der Waals surface area contributed by atoms with E-state index in [1.165, 1.54) is 0 Å². The zero-order valence-electron chi connectivity index (χ0n) is 18.2. The van der Waals surface area contributed by atoms with Crippen molar-refractivity contribution in [2.24, 2.45) is 0 Å². The summed E-state index contributed by atoms with van der Waals surface area (Å²) < 4.78 is 11.0. The molecule has 1 amide bonds. The predicted octanol–water partition coefficient (Wildman–Crippen LogP) is 3.13. The Labute approximate surface area is 187 Å². The van der Waals surface area contributed by atoms with Crippen molar-refractivity contribution in [1.29, 1.82) is 0 Å². The molecule has 0 bridgehead atoms. The fourth-order valence-electron chi connectivity index (χ4n) is 3.75. The Kier molecular flexibility index (Phi) is 7.42. The first-order valence-electron chi connectivity index (χ1n) is 10.9. The number of thioether (sulfide) groups is 1. The van der Waals surface area contributed by atoms with Gasteiger partial charge in [0, 0.05) is 48.8 Å². The Morgan fingerprint density at radius 1 is 1.16 bits per heavy atom. The number of hydrogen-bond donors (Lipinski definition) is 1. The van der Waals surface area contributed by atoms with E-state index >= 15 is 0 Å². The summed E-state index contributed by atoms with van der Waals surface area (Å²) in [7, 11) is 0. The maximum absolute atomic E-state index is 12.3. The van der Waals surface area contributed by atoms with E-state index in [2.05, 4.69) is 22.1 Å². The topological polar surface area (TPSA) is 76.6 Å². The smallest absolute Gasteiger partial charge is 0.251 e. The summed E-state index contributed by atoms with van der Waals surface area (Å²) in [5, 5.41) is 3.74. The molecule has 2 saturated heterocycles. The van der Waals surface area contributed by atoms with Crippen molar-refractivity contribution in [3.63, 3.8) is 0 Å². The van der Waals surface area contributed by atoms with Crippen molar-refractivity contribution in [2.45, 2.75) is 43.7 Å². The van der Waals surface area contributed by atoms with Gasteiger partial charge in [-0.05, 0) is 44.4 Å². The van der Waals surface area contributed by atoms with Crippen molar-refractivity contribution >= 4 is 23.5 Å². The van der Waals surface area contributed by atoms with E-state index in [4.69, 9.17) is 14.5 Å². The Bertz CT molecular complexity index is 894. The molecule has 4 rings (SSSR count). The van der Waals surface area contributed by atoms with Crippen LogP contribution >= 0.6 is 11.8 Å². The maximum Gasteiger partial charge on any atom is 0.251 e. The molecule has 1 atom stereocenters. The molecule has 0 radical (unpaired) electrons. The number of carbonyl (C=O) groups is 1. The van der Waals surface area contributed by atoms with Crippen LogP contribution in [-0.4, -0.2) is 61.4 Å². The third-order valence-electron chi connectivity index (χ3n) is 5.75. The number of amides is 1. The number of hydrogen-bond acceptors (Lipinski definition) is 7. The Morgan fingerprint density at radius 3 is 2.65 bits per heavy atom. The second-order valence-corrected chi connectivity index (χ2v) is 8.91. The lowest BCUT2D eigenvalue weighted by molar-refractivity contribution is 0.0858. The summed E-state index contributed by atoms with van der Waals surface area (Å²) in [4.78, 5) is 24.1. The van der Waals surface area contributed by atoms with Gasteiger partial charge in [-0.3, -0.25) is 4.79 Å². The van der Waals surface area contributed by atoms with Gasteiger partial charge in [0.15, 0.2) is 5.16 Å². The van der Waals surface area contributed by atoms with Crippen LogP contribution < -0.4 is 10.2 Å². The second-order valence-electron chi connectivity index (χ2n) is 7.97. The van der Waals surface area contributed by atoms with Gasteiger partial charge in [-0.1, -0.05) is 23.9 Å². The molecule has 2 fully saturated rings. The summed E-state index contributed by atoms with van der Waals surface area (Å²) in [5.74, 6) is 1.71. The van der Waals surface area contributed by atoms with Gasteiger partial charge in [-0.15, -0.1) is 0 Å². The van der Waals surface area contributed by atoms with Gasteiger partial charge in [0.25, 0.3) is 5.91 Å². The Morgan fingerprint density at radius 2 is 1.94 bits per heavy atom. The molecule has 0 saturated carbocycles. The van der Waals surface area contributed by atoms with Crippen LogP contribution in [0.2, 0.25) is 0 Å². The molecular formula is C23H30N4O3S. The van der Waals surface area contributed by atoms with Gasteiger partial charge in [-0.2, -0.15) is 0 Å².